The topological polar surface area (TPSA) is 21.3 Å². The van der Waals surface area contributed by atoms with Crippen molar-refractivity contribution in [2.24, 2.45) is 0 Å². The zero-order valence-corrected chi connectivity index (χ0v) is 11.0. The van der Waals surface area contributed by atoms with Crippen LogP contribution in [0.1, 0.15) is 44.6 Å². The van der Waals surface area contributed by atoms with E-state index in [4.69, 9.17) is 4.74 Å². The Balaban J connectivity index is 2.07. The molecule has 0 aromatic heterocycles. The van der Waals surface area contributed by atoms with Crippen molar-refractivity contribution < 1.29 is 4.74 Å². The van der Waals surface area contributed by atoms with Gasteiger partial charge in [0.15, 0.2) is 0 Å². The lowest BCUT2D eigenvalue weighted by molar-refractivity contribution is 0.340. The third-order valence-corrected chi connectivity index (χ3v) is 3.40. The molecular weight excluding hydrogens is 210 g/mol. The van der Waals surface area contributed by atoms with E-state index in [0.29, 0.717) is 6.04 Å². The Morgan fingerprint density at radius 2 is 2.00 bits per heavy atom. The number of benzene rings is 1. The Bertz CT molecular complexity index is 356. The van der Waals surface area contributed by atoms with Gasteiger partial charge in [-0.2, -0.15) is 0 Å². The van der Waals surface area contributed by atoms with E-state index in [1.54, 1.807) is 0 Å². The maximum absolute atomic E-state index is 5.70. The van der Waals surface area contributed by atoms with Gasteiger partial charge in [0.2, 0.25) is 0 Å². The lowest BCUT2D eigenvalue weighted by Crippen LogP contribution is -2.22. The van der Waals surface area contributed by atoms with Crippen molar-refractivity contribution in [1.29, 1.82) is 0 Å². The molecule has 1 saturated carbocycles. The highest BCUT2D eigenvalue weighted by Crippen LogP contribution is 2.29. The minimum Gasteiger partial charge on any atom is -0.492 e. The molecule has 1 fully saturated rings. The largest absolute Gasteiger partial charge is 0.492 e. The summed E-state index contributed by atoms with van der Waals surface area (Å²) in [6.45, 7) is 4.86. The second-order valence-electron chi connectivity index (χ2n) is 4.91. The van der Waals surface area contributed by atoms with Crippen LogP contribution in [0.3, 0.4) is 0 Å². The van der Waals surface area contributed by atoms with Gasteiger partial charge < -0.3 is 10.1 Å². The van der Waals surface area contributed by atoms with Gasteiger partial charge in [-0.05, 0) is 44.4 Å². The molecule has 1 aliphatic rings. The van der Waals surface area contributed by atoms with E-state index in [1.165, 1.54) is 37.7 Å². The minimum atomic E-state index is 0.630. The van der Waals surface area contributed by atoms with Crippen molar-refractivity contribution in [1.82, 2.24) is 0 Å². The standard InChI is InChI=1S/C15H23NO/c1-3-17-15-11-12(2)9-10-14(15)16-13-7-5-4-6-8-13/h9-11,13,16H,3-8H2,1-2H3. The van der Waals surface area contributed by atoms with Crippen LogP contribution >= 0.6 is 0 Å². The predicted octanol–water partition coefficient (Wildman–Crippen LogP) is 4.14. The molecule has 0 atom stereocenters. The molecule has 0 amide bonds. The van der Waals surface area contributed by atoms with Crippen LogP contribution in [0.25, 0.3) is 0 Å². The summed E-state index contributed by atoms with van der Waals surface area (Å²) in [5.41, 5.74) is 2.41. The van der Waals surface area contributed by atoms with Crippen LogP contribution in [0.5, 0.6) is 5.75 Å². The van der Waals surface area contributed by atoms with Crippen LogP contribution in [0.4, 0.5) is 5.69 Å². The van der Waals surface area contributed by atoms with E-state index >= 15 is 0 Å². The Hall–Kier alpha value is -1.18. The van der Waals surface area contributed by atoms with Gasteiger partial charge >= 0.3 is 0 Å². The molecule has 0 radical (unpaired) electrons. The molecule has 0 saturated heterocycles. The lowest BCUT2D eigenvalue weighted by Gasteiger charge is -2.25. The average Bonchev–Trinajstić information content (AvgIpc) is 2.34. The normalized spacial score (nSPS) is 16.8. The second-order valence-corrected chi connectivity index (χ2v) is 4.91. The molecule has 0 aliphatic heterocycles. The van der Waals surface area contributed by atoms with Gasteiger partial charge in [-0.15, -0.1) is 0 Å². The average molecular weight is 233 g/mol. The minimum absolute atomic E-state index is 0.630. The summed E-state index contributed by atoms with van der Waals surface area (Å²) in [4.78, 5) is 0. The monoisotopic (exact) mass is 233 g/mol. The fourth-order valence-corrected chi connectivity index (χ4v) is 2.49. The Morgan fingerprint density at radius 1 is 1.24 bits per heavy atom. The highest BCUT2D eigenvalue weighted by molar-refractivity contribution is 5.58. The number of nitrogens with one attached hydrogen (secondary N) is 1. The summed E-state index contributed by atoms with van der Waals surface area (Å²) >= 11 is 0. The molecule has 1 aromatic rings. The van der Waals surface area contributed by atoms with Crippen molar-refractivity contribution in [3.05, 3.63) is 23.8 Å². The van der Waals surface area contributed by atoms with Gasteiger partial charge in [-0.3, -0.25) is 0 Å². The zero-order valence-electron chi connectivity index (χ0n) is 11.0. The number of hydrogen-bond acceptors (Lipinski definition) is 2. The number of anilines is 1. The van der Waals surface area contributed by atoms with E-state index in [9.17, 15) is 0 Å². The van der Waals surface area contributed by atoms with E-state index in [1.807, 2.05) is 6.92 Å². The molecule has 0 bridgehead atoms. The van der Waals surface area contributed by atoms with Crippen molar-refractivity contribution in [2.45, 2.75) is 52.0 Å². The van der Waals surface area contributed by atoms with Crippen LogP contribution in [-0.2, 0) is 0 Å². The zero-order chi connectivity index (χ0) is 12.1. The first kappa shape index (κ1) is 12.3. The first-order chi connectivity index (χ1) is 8.29. The maximum atomic E-state index is 5.70. The fourth-order valence-electron chi connectivity index (χ4n) is 2.49. The number of aryl methyl sites for hydroxylation is 1. The van der Waals surface area contributed by atoms with Gasteiger partial charge in [-0.1, -0.05) is 25.3 Å². The summed E-state index contributed by atoms with van der Waals surface area (Å²) in [5, 5.41) is 3.64. The fraction of sp³-hybridized carbons (Fsp3) is 0.600. The summed E-state index contributed by atoms with van der Waals surface area (Å²) in [6.07, 6.45) is 6.68. The molecule has 94 valence electrons. The molecule has 2 heteroatoms. The van der Waals surface area contributed by atoms with E-state index in [2.05, 4.69) is 30.4 Å². The van der Waals surface area contributed by atoms with Crippen molar-refractivity contribution >= 4 is 5.69 Å². The number of hydrogen-bond donors (Lipinski definition) is 1. The molecule has 1 aliphatic carbocycles. The molecule has 2 rings (SSSR count). The molecule has 0 heterocycles. The van der Waals surface area contributed by atoms with Gasteiger partial charge in [0, 0.05) is 6.04 Å². The van der Waals surface area contributed by atoms with Gasteiger partial charge in [0.05, 0.1) is 12.3 Å². The highest BCUT2D eigenvalue weighted by atomic mass is 16.5. The van der Waals surface area contributed by atoms with E-state index in [-0.39, 0.29) is 0 Å². The predicted molar refractivity (Wildman–Crippen MR) is 72.8 cm³/mol. The highest BCUT2D eigenvalue weighted by Gasteiger charge is 2.14. The molecule has 0 spiro atoms. The molecule has 0 unspecified atom stereocenters. The summed E-state index contributed by atoms with van der Waals surface area (Å²) < 4.78 is 5.70. The third-order valence-electron chi connectivity index (χ3n) is 3.40. The van der Waals surface area contributed by atoms with Crippen LogP contribution in [0.15, 0.2) is 18.2 Å². The molecule has 2 nitrogen and oxygen atoms in total. The van der Waals surface area contributed by atoms with Gasteiger partial charge in [0.25, 0.3) is 0 Å². The Labute approximate surface area is 104 Å². The first-order valence-electron chi connectivity index (χ1n) is 6.79. The lowest BCUT2D eigenvalue weighted by atomic mass is 9.95. The molecule has 17 heavy (non-hydrogen) atoms. The smallest absolute Gasteiger partial charge is 0.142 e. The van der Waals surface area contributed by atoms with Crippen molar-refractivity contribution in [3.8, 4) is 5.75 Å². The number of ether oxygens (including phenoxy) is 1. The summed E-state index contributed by atoms with van der Waals surface area (Å²) in [5.74, 6) is 0.998. The number of rotatable bonds is 4. The van der Waals surface area contributed by atoms with E-state index < -0.39 is 0 Å². The van der Waals surface area contributed by atoms with Crippen molar-refractivity contribution in [3.63, 3.8) is 0 Å². The van der Waals surface area contributed by atoms with Crippen LogP contribution in [-0.4, -0.2) is 12.6 Å². The van der Waals surface area contributed by atoms with Gasteiger partial charge in [-0.25, -0.2) is 0 Å². The van der Waals surface area contributed by atoms with Crippen molar-refractivity contribution in [2.75, 3.05) is 11.9 Å². The Kier molecular flexibility index (Phi) is 4.29. The molecular formula is C15H23NO. The second kappa shape index (κ2) is 5.95. The summed E-state index contributed by atoms with van der Waals surface area (Å²) in [7, 11) is 0. The first-order valence-corrected chi connectivity index (χ1v) is 6.79. The maximum Gasteiger partial charge on any atom is 0.142 e. The quantitative estimate of drug-likeness (QED) is 0.844. The van der Waals surface area contributed by atoms with Gasteiger partial charge in [0.1, 0.15) is 5.75 Å². The Morgan fingerprint density at radius 3 is 2.71 bits per heavy atom. The van der Waals surface area contributed by atoms with Crippen LogP contribution < -0.4 is 10.1 Å². The van der Waals surface area contributed by atoms with Crippen LogP contribution in [0.2, 0.25) is 0 Å². The van der Waals surface area contributed by atoms with Crippen LogP contribution in [0, 0.1) is 6.92 Å². The molecule has 1 aromatic carbocycles. The SMILES string of the molecule is CCOc1cc(C)ccc1NC1CCCCC1. The molecule has 1 N–H and O–H groups in total. The third kappa shape index (κ3) is 3.39. The summed E-state index contributed by atoms with van der Waals surface area (Å²) in [6, 6.07) is 7.04. The van der Waals surface area contributed by atoms with E-state index in [0.717, 1.165) is 18.0 Å².